The summed E-state index contributed by atoms with van der Waals surface area (Å²) in [5.41, 5.74) is 4.56. The molecule has 0 radical (unpaired) electrons. The summed E-state index contributed by atoms with van der Waals surface area (Å²) in [6, 6.07) is 1.23. The predicted molar refractivity (Wildman–Crippen MR) is 273 cm³/mol. The number of phosphoric acid groups is 2. The molecule has 1 saturated heterocycles. The summed E-state index contributed by atoms with van der Waals surface area (Å²) in [7, 11) is -11.0. The number of nitrogen functional groups attached to an aromatic ring is 1. The maximum absolute atomic E-state index is 12.8. The topological polar surface area (TPSA) is 306 Å². The van der Waals surface area contributed by atoms with Crippen molar-refractivity contribution in [3.63, 3.8) is 0 Å². The Labute approximate surface area is 423 Å². The van der Waals surface area contributed by atoms with Crippen LogP contribution in [0.2, 0.25) is 0 Å². The zero-order chi connectivity index (χ0) is 53.0. The van der Waals surface area contributed by atoms with Gasteiger partial charge in [0, 0.05) is 19.0 Å². The summed E-state index contributed by atoms with van der Waals surface area (Å²) in [5, 5.41) is 41.2. The van der Waals surface area contributed by atoms with E-state index in [1.165, 1.54) is 25.3 Å². The lowest BCUT2D eigenvalue weighted by Gasteiger charge is -2.21. The summed E-state index contributed by atoms with van der Waals surface area (Å²) in [4.78, 5) is 61.8. The van der Waals surface area contributed by atoms with Crippen LogP contribution in [0.3, 0.4) is 0 Å². The van der Waals surface area contributed by atoms with Crippen LogP contribution in [0.4, 0.5) is 5.82 Å². The molecule has 2 rings (SSSR count). The Hall–Kier alpha value is -4.14. The fourth-order valence-electron chi connectivity index (χ4n) is 6.71. The van der Waals surface area contributed by atoms with E-state index in [1.54, 1.807) is 24.3 Å². The number of hydrogen-bond acceptors (Lipinski definition) is 17. The summed E-state index contributed by atoms with van der Waals surface area (Å²) >= 11 is 0. The molecule has 20 nitrogen and oxygen atoms in total. The van der Waals surface area contributed by atoms with E-state index >= 15 is 0 Å². The molecular weight excluding hydrogens is 977 g/mol. The maximum Gasteiger partial charge on any atom is 0.481 e. The van der Waals surface area contributed by atoms with E-state index in [-0.39, 0.29) is 31.5 Å². The predicted octanol–water partition coefficient (Wildman–Crippen LogP) is 7.83. The lowest BCUT2D eigenvalue weighted by Crippen LogP contribution is -2.36. The molecule has 22 heteroatoms. The smallest absolute Gasteiger partial charge is 0.462 e. The number of nitrogens with two attached hydrogens (primary N) is 1. The van der Waals surface area contributed by atoms with E-state index in [0.717, 1.165) is 55.7 Å². The van der Waals surface area contributed by atoms with Gasteiger partial charge in [-0.3, -0.25) is 23.2 Å². The van der Waals surface area contributed by atoms with Crippen molar-refractivity contribution in [3.05, 3.63) is 108 Å². The molecule has 1 aliphatic rings. The molecule has 1 aromatic heterocycles. The van der Waals surface area contributed by atoms with Crippen LogP contribution in [0.15, 0.2) is 102 Å². The van der Waals surface area contributed by atoms with Crippen LogP contribution in [0.1, 0.15) is 136 Å². The molecule has 2 heterocycles. The highest BCUT2D eigenvalue weighted by atomic mass is 31.3. The van der Waals surface area contributed by atoms with Crippen LogP contribution in [-0.4, -0.2) is 108 Å². The number of aliphatic hydroxyl groups is 4. The number of carbonyl (C=O) groups is 2. The molecule has 1 fully saturated rings. The van der Waals surface area contributed by atoms with Crippen molar-refractivity contribution in [2.75, 3.05) is 25.6 Å². The van der Waals surface area contributed by atoms with Crippen LogP contribution in [0, 0.1) is 0 Å². The van der Waals surface area contributed by atoms with Gasteiger partial charge in [0.05, 0.1) is 25.4 Å². The summed E-state index contributed by atoms with van der Waals surface area (Å²) in [5.74, 6) is -1.59. The zero-order valence-corrected chi connectivity index (χ0v) is 43.5. The molecule has 0 aromatic carbocycles. The monoisotopic (exact) mass is 1060 g/mol. The summed E-state index contributed by atoms with van der Waals surface area (Å²) in [6.07, 6.45) is 31.7. The van der Waals surface area contributed by atoms with E-state index < -0.39 is 95.9 Å². The average Bonchev–Trinajstić information content (AvgIpc) is 3.60. The van der Waals surface area contributed by atoms with Crippen LogP contribution in [-0.2, 0) is 46.3 Å². The first-order valence-corrected chi connectivity index (χ1v) is 27.8. The second kappa shape index (κ2) is 37.6. The van der Waals surface area contributed by atoms with E-state index in [1.807, 2.05) is 36.5 Å². The SMILES string of the molecule is CCCCC/C=C\C/C=C\C/C=C\CCCCC(=O)O[C@H](COC(=O)CCC[C@@H](O)/C=C/C=C\C/C=C\C=C\[C@@H](O)CCCCC)COP(=O)(O)OP(=O)(O)OC[C@H]1O[C@@H](n2ccc(N)nc2=O)[C@H](O)[C@@H]1O. The van der Waals surface area contributed by atoms with Crippen molar-refractivity contribution in [1.82, 2.24) is 9.55 Å². The Balaban J connectivity index is 1.89. The van der Waals surface area contributed by atoms with Crippen molar-refractivity contribution in [3.8, 4) is 0 Å². The quantitative estimate of drug-likeness (QED) is 0.0109. The largest absolute Gasteiger partial charge is 0.481 e. The van der Waals surface area contributed by atoms with Crippen molar-refractivity contribution in [2.24, 2.45) is 0 Å². The van der Waals surface area contributed by atoms with Gasteiger partial charge in [0.15, 0.2) is 12.3 Å². The minimum absolute atomic E-state index is 0.0528. The van der Waals surface area contributed by atoms with Gasteiger partial charge in [-0.1, -0.05) is 131 Å². The second-order valence-electron chi connectivity index (χ2n) is 17.0. The Kier molecular flexibility index (Phi) is 33.4. The molecule has 8 N–H and O–H groups in total. The van der Waals surface area contributed by atoms with Crippen molar-refractivity contribution < 1.29 is 76.5 Å². The number of ether oxygens (including phenoxy) is 3. The van der Waals surface area contributed by atoms with Gasteiger partial charge < -0.3 is 50.2 Å². The number of esters is 2. The lowest BCUT2D eigenvalue weighted by atomic mass is 10.1. The molecular formula is C50H79N3O17P2. The Morgan fingerprint density at radius 3 is 1.92 bits per heavy atom. The number of aliphatic hydroxyl groups excluding tert-OH is 4. The fourth-order valence-corrected chi connectivity index (χ4v) is 8.82. The van der Waals surface area contributed by atoms with Crippen LogP contribution >= 0.6 is 15.6 Å². The third-order valence-corrected chi connectivity index (χ3v) is 13.3. The molecule has 9 atom stereocenters. The van der Waals surface area contributed by atoms with E-state index in [2.05, 4.69) is 47.4 Å². The van der Waals surface area contributed by atoms with E-state index in [0.29, 0.717) is 25.7 Å². The summed E-state index contributed by atoms with van der Waals surface area (Å²) < 4.78 is 56.5. The number of hydrogen-bond donors (Lipinski definition) is 7. The lowest BCUT2D eigenvalue weighted by molar-refractivity contribution is -0.161. The number of nitrogens with zero attached hydrogens (tertiary/aromatic N) is 2. The molecule has 72 heavy (non-hydrogen) atoms. The van der Waals surface area contributed by atoms with Gasteiger partial charge in [-0.25, -0.2) is 13.9 Å². The first kappa shape index (κ1) is 64.0. The minimum atomic E-state index is -5.49. The van der Waals surface area contributed by atoms with Gasteiger partial charge >= 0.3 is 33.3 Å². The van der Waals surface area contributed by atoms with Gasteiger partial charge in [-0.15, -0.1) is 0 Å². The maximum atomic E-state index is 12.8. The van der Waals surface area contributed by atoms with Gasteiger partial charge in [0.1, 0.15) is 30.7 Å². The Morgan fingerprint density at radius 1 is 0.736 bits per heavy atom. The van der Waals surface area contributed by atoms with E-state index in [4.69, 9.17) is 29.0 Å². The van der Waals surface area contributed by atoms with Crippen LogP contribution in [0.25, 0.3) is 0 Å². The highest BCUT2D eigenvalue weighted by molar-refractivity contribution is 7.61. The summed E-state index contributed by atoms with van der Waals surface area (Å²) in [6.45, 7) is 1.74. The molecule has 1 aliphatic heterocycles. The third kappa shape index (κ3) is 30.2. The van der Waals surface area contributed by atoms with Crippen LogP contribution < -0.4 is 11.4 Å². The molecule has 0 aliphatic carbocycles. The average molecular weight is 1060 g/mol. The molecule has 2 unspecified atom stereocenters. The molecule has 1 aromatic rings. The normalized spacial score (nSPS) is 20.7. The fraction of sp³-hybridized carbons (Fsp3) is 0.600. The van der Waals surface area contributed by atoms with Gasteiger partial charge in [0.2, 0.25) is 0 Å². The number of rotatable bonds is 39. The zero-order valence-electron chi connectivity index (χ0n) is 41.7. The molecule has 0 amide bonds. The van der Waals surface area contributed by atoms with Gasteiger partial charge in [0.25, 0.3) is 0 Å². The standard InChI is InChI=1S/C50H79N3O17P2/c1-3-5-7-8-9-10-11-12-13-14-15-16-20-23-27-33-46(57)68-42(37-65-45(56)34-28-32-41(55)31-26-22-19-17-18-21-25-30-40(54)29-24-6-4-2)38-66-71(61,62)70-72(63,64)67-39-43-47(58)48(59)49(69-43)53-36-35-44(51)52-50(53)60/h9-10,12-13,15-16,18-19,21-22,25-26,30-31,35-36,40-43,47-49,54-55,58-59H,3-8,11,14,17,20,23-24,27-29,32-34,37-39H2,1-2H3,(H,61,62)(H,63,64)(H2,51,52,60)/b10-9-,13-12-,16-15-,21-18-,22-19-,30-25+,31-26+/t40-,41-,42+,43+,47+,48+,49+/m0/s1. The van der Waals surface area contributed by atoms with Gasteiger partial charge in [-0.05, 0) is 76.7 Å². The number of allylic oxidation sites excluding steroid dienone is 12. The first-order chi connectivity index (χ1) is 34.5. The number of unbranched alkanes of at least 4 members (excludes halogenated alkanes) is 7. The third-order valence-electron chi connectivity index (χ3n) is 10.7. The number of aromatic nitrogens is 2. The molecule has 0 spiro atoms. The van der Waals surface area contributed by atoms with Crippen molar-refractivity contribution in [1.29, 1.82) is 0 Å². The Bertz CT molecular complexity index is 2070. The first-order valence-electron chi connectivity index (χ1n) is 24.8. The van der Waals surface area contributed by atoms with Crippen molar-refractivity contribution in [2.45, 2.75) is 172 Å². The van der Waals surface area contributed by atoms with Crippen LogP contribution in [0.5, 0.6) is 0 Å². The van der Waals surface area contributed by atoms with Crippen molar-refractivity contribution >= 4 is 33.4 Å². The van der Waals surface area contributed by atoms with Gasteiger partial charge in [-0.2, -0.15) is 9.29 Å². The molecule has 0 saturated carbocycles. The number of anilines is 1. The second-order valence-corrected chi connectivity index (χ2v) is 20.0. The number of phosphoric ester groups is 2. The Morgan fingerprint density at radius 2 is 1.29 bits per heavy atom. The molecule has 406 valence electrons. The van der Waals surface area contributed by atoms with E-state index in [9.17, 15) is 53.7 Å². The number of carbonyl (C=O) groups excluding carboxylic acids is 2. The highest BCUT2D eigenvalue weighted by Gasteiger charge is 2.46. The molecule has 0 bridgehead atoms. The minimum Gasteiger partial charge on any atom is -0.462 e. The highest BCUT2D eigenvalue weighted by Crippen LogP contribution is 2.60.